The number of allylic oxidation sites excluding steroid dienone is 2. The average molecular weight is 491 g/mol. The molecule has 0 radical (unpaired) electrons. The van der Waals surface area contributed by atoms with Crippen molar-refractivity contribution in [1.82, 2.24) is 0 Å². The van der Waals surface area contributed by atoms with Gasteiger partial charge in [0.05, 0.1) is 11.8 Å². The number of carbonyl (C=O) groups is 1. The molecule has 196 valence electrons. The summed E-state index contributed by atoms with van der Waals surface area (Å²) in [4.78, 5) is 22.2. The van der Waals surface area contributed by atoms with Crippen molar-refractivity contribution < 1.29 is 29.4 Å². The van der Waals surface area contributed by atoms with Crippen LogP contribution in [-0.2, 0) is 19.2 Å². The van der Waals surface area contributed by atoms with Crippen molar-refractivity contribution in [1.29, 1.82) is 0 Å². The third kappa shape index (κ3) is 4.31. The Bertz CT molecular complexity index is 915. The van der Waals surface area contributed by atoms with Gasteiger partial charge in [0, 0.05) is 12.3 Å². The molecule has 8 nitrogen and oxygen atoms in total. The fourth-order valence-electron chi connectivity index (χ4n) is 7.93. The van der Waals surface area contributed by atoms with Crippen LogP contribution in [0.15, 0.2) is 22.0 Å². The monoisotopic (exact) mass is 490 g/mol. The summed E-state index contributed by atoms with van der Waals surface area (Å²) in [5, 5.41) is 32.3. The van der Waals surface area contributed by atoms with Gasteiger partial charge in [0.2, 0.25) is 0 Å². The number of hydrogen-bond donors (Lipinski definition) is 2. The van der Waals surface area contributed by atoms with Gasteiger partial charge in [-0.2, -0.15) is 0 Å². The standard InChI is InChI=1S/C27H42N2O6/c1-6-34-28-19-10-12-25(4)18(14-19)8-9-20-21-11-13-27(32,26(21,5)15-22(31)24(20)25)23(29-35-7-2)16-33-17(3)30/h14,20-22,24,31-32H,6-13,15-16H2,1-5H3/b28-19+,29-23+. The van der Waals surface area contributed by atoms with E-state index in [1.54, 1.807) is 0 Å². The number of nitrogens with zero attached hydrogens (tertiary/aromatic N) is 2. The molecule has 0 aromatic carbocycles. The first kappa shape index (κ1) is 26.1. The second-order valence-electron chi connectivity index (χ2n) is 11.2. The maximum atomic E-state index is 12.1. The summed E-state index contributed by atoms with van der Waals surface area (Å²) in [6, 6.07) is 0. The molecule has 4 rings (SSSR count). The van der Waals surface area contributed by atoms with Crippen LogP contribution in [-0.4, -0.2) is 59.1 Å². The molecule has 0 aromatic rings. The summed E-state index contributed by atoms with van der Waals surface area (Å²) in [5.41, 5.74) is 0.739. The number of oxime groups is 2. The van der Waals surface area contributed by atoms with Gasteiger partial charge < -0.3 is 24.6 Å². The Labute approximate surface area is 208 Å². The smallest absolute Gasteiger partial charge is 0.303 e. The maximum Gasteiger partial charge on any atom is 0.303 e. The minimum absolute atomic E-state index is 0.0877. The van der Waals surface area contributed by atoms with E-state index in [0.717, 1.165) is 37.8 Å². The lowest BCUT2D eigenvalue weighted by molar-refractivity contribution is -0.153. The summed E-state index contributed by atoms with van der Waals surface area (Å²) in [5.74, 6) is 0.247. The summed E-state index contributed by atoms with van der Waals surface area (Å²) < 4.78 is 5.26. The van der Waals surface area contributed by atoms with E-state index in [9.17, 15) is 15.0 Å². The lowest BCUT2D eigenvalue weighted by Crippen LogP contribution is -2.62. The van der Waals surface area contributed by atoms with Crippen molar-refractivity contribution in [2.75, 3.05) is 19.8 Å². The number of hydrogen-bond acceptors (Lipinski definition) is 8. The van der Waals surface area contributed by atoms with Gasteiger partial charge >= 0.3 is 5.97 Å². The molecule has 4 aliphatic rings. The Kier molecular flexibility index (Phi) is 7.36. The third-order valence-electron chi connectivity index (χ3n) is 9.57. The molecule has 8 heteroatoms. The number of esters is 1. The Morgan fingerprint density at radius 2 is 1.89 bits per heavy atom. The van der Waals surface area contributed by atoms with E-state index in [1.807, 2.05) is 13.8 Å². The molecule has 35 heavy (non-hydrogen) atoms. The first-order valence-electron chi connectivity index (χ1n) is 13.2. The van der Waals surface area contributed by atoms with E-state index in [4.69, 9.17) is 14.4 Å². The van der Waals surface area contributed by atoms with Crippen molar-refractivity contribution in [2.45, 2.75) is 91.3 Å². The number of ether oxygens (including phenoxy) is 1. The molecule has 0 bridgehead atoms. The zero-order chi connectivity index (χ0) is 25.4. The van der Waals surface area contributed by atoms with Crippen LogP contribution in [0.1, 0.15) is 79.6 Å². The zero-order valence-corrected chi connectivity index (χ0v) is 21.9. The lowest BCUT2D eigenvalue weighted by Gasteiger charge is -2.60. The molecule has 0 amide bonds. The summed E-state index contributed by atoms with van der Waals surface area (Å²) >= 11 is 0. The first-order chi connectivity index (χ1) is 16.6. The highest BCUT2D eigenvalue weighted by molar-refractivity contribution is 5.96. The van der Waals surface area contributed by atoms with Gasteiger partial charge in [0.15, 0.2) is 0 Å². The SMILES string of the molecule is CCO/N=C1/C=C2CCC3C(C(O)CC4(C)C3CCC4(O)/C(COC(C)=O)=N/OCC)C2(C)CC1. The molecule has 0 spiro atoms. The van der Waals surface area contributed by atoms with Gasteiger partial charge in [0.1, 0.15) is 31.1 Å². The predicted octanol–water partition coefficient (Wildman–Crippen LogP) is 4.00. The van der Waals surface area contributed by atoms with Gasteiger partial charge in [-0.3, -0.25) is 4.79 Å². The molecular weight excluding hydrogens is 448 g/mol. The van der Waals surface area contributed by atoms with Crippen LogP contribution < -0.4 is 0 Å². The van der Waals surface area contributed by atoms with Gasteiger partial charge in [-0.15, -0.1) is 0 Å². The van der Waals surface area contributed by atoms with E-state index in [0.29, 0.717) is 37.7 Å². The highest BCUT2D eigenvalue weighted by atomic mass is 16.6. The number of carbonyl (C=O) groups excluding carboxylic acids is 1. The second kappa shape index (κ2) is 9.85. The van der Waals surface area contributed by atoms with Crippen LogP contribution in [0.4, 0.5) is 0 Å². The molecule has 3 saturated carbocycles. The van der Waals surface area contributed by atoms with Crippen molar-refractivity contribution in [3.05, 3.63) is 11.6 Å². The van der Waals surface area contributed by atoms with Crippen molar-refractivity contribution in [3.63, 3.8) is 0 Å². The summed E-state index contributed by atoms with van der Waals surface area (Å²) in [6.45, 7) is 10.3. The molecule has 3 fully saturated rings. The van der Waals surface area contributed by atoms with Crippen LogP contribution in [0.25, 0.3) is 0 Å². The van der Waals surface area contributed by atoms with E-state index >= 15 is 0 Å². The van der Waals surface area contributed by atoms with Crippen LogP contribution >= 0.6 is 0 Å². The quantitative estimate of drug-likeness (QED) is 0.317. The van der Waals surface area contributed by atoms with Gasteiger partial charge in [-0.05, 0) is 88.0 Å². The summed E-state index contributed by atoms with van der Waals surface area (Å²) in [6.07, 6.45) is 7.22. The largest absolute Gasteiger partial charge is 0.459 e. The van der Waals surface area contributed by atoms with Crippen LogP contribution in [0.5, 0.6) is 0 Å². The highest BCUT2D eigenvalue weighted by Crippen LogP contribution is 2.67. The van der Waals surface area contributed by atoms with Crippen LogP contribution in [0.2, 0.25) is 0 Å². The van der Waals surface area contributed by atoms with Crippen LogP contribution in [0.3, 0.4) is 0 Å². The first-order valence-corrected chi connectivity index (χ1v) is 13.2. The van der Waals surface area contributed by atoms with Crippen molar-refractivity contribution in [2.24, 2.45) is 38.9 Å². The molecule has 7 unspecified atom stereocenters. The maximum absolute atomic E-state index is 12.1. The van der Waals surface area contributed by atoms with E-state index in [-0.39, 0.29) is 23.9 Å². The van der Waals surface area contributed by atoms with Gasteiger partial charge in [-0.1, -0.05) is 29.7 Å². The second-order valence-corrected chi connectivity index (χ2v) is 11.2. The Morgan fingerprint density at radius 3 is 2.57 bits per heavy atom. The number of aliphatic hydroxyl groups excluding tert-OH is 1. The van der Waals surface area contributed by atoms with E-state index in [1.165, 1.54) is 12.5 Å². The lowest BCUT2D eigenvalue weighted by atomic mass is 9.45. The van der Waals surface area contributed by atoms with Crippen molar-refractivity contribution in [3.8, 4) is 0 Å². The highest BCUT2D eigenvalue weighted by Gasteiger charge is 2.67. The minimum atomic E-state index is -1.30. The minimum Gasteiger partial charge on any atom is -0.459 e. The Morgan fingerprint density at radius 1 is 1.14 bits per heavy atom. The topological polar surface area (TPSA) is 110 Å². The summed E-state index contributed by atoms with van der Waals surface area (Å²) in [7, 11) is 0. The third-order valence-corrected chi connectivity index (χ3v) is 9.57. The molecule has 0 aromatic heterocycles. The fourth-order valence-corrected chi connectivity index (χ4v) is 7.93. The number of aliphatic hydroxyl groups is 2. The number of fused-ring (bicyclic) bond motifs is 5. The number of rotatable bonds is 7. The molecule has 0 saturated heterocycles. The van der Waals surface area contributed by atoms with E-state index < -0.39 is 23.1 Å². The molecule has 4 aliphatic carbocycles. The molecule has 0 heterocycles. The Balaban J connectivity index is 1.65. The van der Waals surface area contributed by atoms with Crippen LogP contribution in [0, 0.1) is 28.6 Å². The molecule has 0 aliphatic heterocycles. The average Bonchev–Trinajstić information content (AvgIpc) is 3.08. The zero-order valence-electron chi connectivity index (χ0n) is 21.9. The van der Waals surface area contributed by atoms with E-state index in [2.05, 4.69) is 30.2 Å². The van der Waals surface area contributed by atoms with Crippen molar-refractivity contribution >= 4 is 17.4 Å². The molecular formula is C27H42N2O6. The van der Waals surface area contributed by atoms with Gasteiger partial charge in [-0.25, -0.2) is 0 Å². The normalized spacial score (nSPS) is 42.0. The Hall–Kier alpha value is -1.93. The predicted molar refractivity (Wildman–Crippen MR) is 133 cm³/mol. The fraction of sp³-hybridized carbons (Fsp3) is 0.815. The molecule has 2 N–H and O–H groups in total. The van der Waals surface area contributed by atoms with Gasteiger partial charge in [0.25, 0.3) is 0 Å². The molecule has 7 atom stereocenters.